The maximum Gasteiger partial charge on any atom is 0.416 e. The molecule has 5 heteroatoms. The highest BCUT2D eigenvalue weighted by molar-refractivity contribution is 14.1. The van der Waals surface area contributed by atoms with Gasteiger partial charge in [0.1, 0.15) is 0 Å². The predicted octanol–water partition coefficient (Wildman–Crippen LogP) is 4.85. The first-order valence-corrected chi connectivity index (χ1v) is 6.85. The van der Waals surface area contributed by atoms with Gasteiger partial charge in [-0.1, -0.05) is 24.3 Å². The van der Waals surface area contributed by atoms with Gasteiger partial charge in [-0.15, -0.1) is 0 Å². The van der Waals surface area contributed by atoms with Crippen LogP contribution in [0.25, 0.3) is 0 Å². The summed E-state index contributed by atoms with van der Waals surface area (Å²) in [6.45, 7) is 1.88. The molecule has 0 aliphatic heterocycles. The molecule has 20 heavy (non-hydrogen) atoms. The second-order valence-electron chi connectivity index (χ2n) is 4.34. The number of ketones is 1. The number of aryl methyl sites for hydroxylation is 1. The Morgan fingerprint density at radius 2 is 1.65 bits per heavy atom. The summed E-state index contributed by atoms with van der Waals surface area (Å²) in [4.78, 5) is 12.3. The lowest BCUT2D eigenvalue weighted by atomic mass is 10.0. The molecule has 0 saturated carbocycles. The van der Waals surface area contributed by atoms with Gasteiger partial charge in [0, 0.05) is 14.7 Å². The van der Waals surface area contributed by atoms with Crippen molar-refractivity contribution >= 4 is 28.4 Å². The second kappa shape index (κ2) is 5.55. The summed E-state index contributed by atoms with van der Waals surface area (Å²) >= 11 is 2.07. The molecule has 0 fully saturated rings. The number of rotatable bonds is 2. The molecule has 2 aromatic rings. The van der Waals surface area contributed by atoms with Crippen LogP contribution in [-0.4, -0.2) is 5.78 Å². The Balaban J connectivity index is 2.37. The van der Waals surface area contributed by atoms with Gasteiger partial charge in [0.15, 0.2) is 5.78 Å². The molecule has 0 heterocycles. The Kier molecular flexibility index (Phi) is 4.17. The SMILES string of the molecule is Cc1cccc(C(=O)c2ccc(C(F)(F)F)cc2)c1I. The smallest absolute Gasteiger partial charge is 0.289 e. The molecule has 2 rings (SSSR count). The van der Waals surface area contributed by atoms with Gasteiger partial charge in [-0.05, 0) is 53.3 Å². The van der Waals surface area contributed by atoms with E-state index >= 15 is 0 Å². The molecular weight excluding hydrogens is 380 g/mol. The van der Waals surface area contributed by atoms with Gasteiger partial charge in [0.2, 0.25) is 0 Å². The largest absolute Gasteiger partial charge is 0.416 e. The summed E-state index contributed by atoms with van der Waals surface area (Å²) in [6, 6.07) is 9.59. The molecule has 1 nitrogen and oxygen atoms in total. The average molecular weight is 390 g/mol. The topological polar surface area (TPSA) is 17.1 Å². The first-order valence-electron chi connectivity index (χ1n) is 5.78. The number of carbonyl (C=O) groups is 1. The maximum absolute atomic E-state index is 12.5. The van der Waals surface area contributed by atoms with Gasteiger partial charge in [0.25, 0.3) is 0 Å². The zero-order valence-corrected chi connectivity index (χ0v) is 12.6. The summed E-state index contributed by atoms with van der Waals surface area (Å²) in [5.41, 5.74) is 0.961. The van der Waals surface area contributed by atoms with Gasteiger partial charge in [-0.25, -0.2) is 0 Å². The van der Waals surface area contributed by atoms with Crippen molar-refractivity contribution < 1.29 is 18.0 Å². The van der Waals surface area contributed by atoms with Crippen molar-refractivity contribution in [3.63, 3.8) is 0 Å². The van der Waals surface area contributed by atoms with E-state index in [0.717, 1.165) is 21.3 Å². The van der Waals surface area contributed by atoms with Crippen LogP contribution >= 0.6 is 22.6 Å². The van der Waals surface area contributed by atoms with E-state index in [0.29, 0.717) is 5.56 Å². The van der Waals surface area contributed by atoms with E-state index in [9.17, 15) is 18.0 Å². The molecule has 2 aromatic carbocycles. The van der Waals surface area contributed by atoms with Crippen LogP contribution in [0, 0.1) is 10.5 Å². The molecule has 0 N–H and O–H groups in total. The van der Waals surface area contributed by atoms with E-state index < -0.39 is 11.7 Å². The van der Waals surface area contributed by atoms with Crippen molar-refractivity contribution in [1.82, 2.24) is 0 Å². The molecular formula is C15H10F3IO. The number of halogens is 4. The van der Waals surface area contributed by atoms with Crippen molar-refractivity contribution in [3.05, 3.63) is 68.3 Å². The lowest BCUT2D eigenvalue weighted by Gasteiger charge is -2.09. The monoisotopic (exact) mass is 390 g/mol. The highest BCUT2D eigenvalue weighted by atomic mass is 127. The van der Waals surface area contributed by atoms with E-state index in [4.69, 9.17) is 0 Å². The average Bonchev–Trinajstić information content (AvgIpc) is 2.40. The standard InChI is InChI=1S/C15H10F3IO/c1-9-3-2-4-12(13(9)19)14(20)10-5-7-11(8-6-10)15(16,17)18/h2-8H,1H3. The van der Waals surface area contributed by atoms with E-state index in [1.807, 2.05) is 13.0 Å². The Morgan fingerprint density at radius 3 is 2.20 bits per heavy atom. The van der Waals surface area contributed by atoms with Crippen LogP contribution in [0.2, 0.25) is 0 Å². The van der Waals surface area contributed by atoms with E-state index in [2.05, 4.69) is 22.6 Å². The van der Waals surface area contributed by atoms with Crippen LogP contribution in [0.5, 0.6) is 0 Å². The van der Waals surface area contributed by atoms with Gasteiger partial charge < -0.3 is 0 Å². The minimum atomic E-state index is -4.39. The zero-order valence-electron chi connectivity index (χ0n) is 10.5. The van der Waals surface area contributed by atoms with Crippen molar-refractivity contribution in [2.75, 3.05) is 0 Å². The lowest BCUT2D eigenvalue weighted by molar-refractivity contribution is -0.137. The summed E-state index contributed by atoms with van der Waals surface area (Å²) in [7, 11) is 0. The molecule has 0 aliphatic rings. The van der Waals surface area contributed by atoms with Gasteiger partial charge in [-0.3, -0.25) is 4.79 Å². The fraction of sp³-hybridized carbons (Fsp3) is 0.133. The fourth-order valence-corrected chi connectivity index (χ4v) is 2.39. The molecule has 0 aromatic heterocycles. The Labute approximate surface area is 128 Å². The minimum Gasteiger partial charge on any atom is -0.289 e. The zero-order chi connectivity index (χ0) is 14.9. The molecule has 0 radical (unpaired) electrons. The first kappa shape index (κ1) is 15.0. The molecule has 0 bridgehead atoms. The minimum absolute atomic E-state index is 0.251. The molecule has 0 saturated heterocycles. The number of hydrogen-bond donors (Lipinski definition) is 0. The summed E-state index contributed by atoms with van der Waals surface area (Å²) in [5.74, 6) is -0.271. The lowest BCUT2D eigenvalue weighted by Crippen LogP contribution is -2.08. The van der Waals surface area contributed by atoms with Crippen LogP contribution in [0.1, 0.15) is 27.0 Å². The third-order valence-electron chi connectivity index (χ3n) is 2.91. The van der Waals surface area contributed by atoms with Gasteiger partial charge in [0.05, 0.1) is 5.56 Å². The van der Waals surface area contributed by atoms with Crippen molar-refractivity contribution in [3.8, 4) is 0 Å². The molecule has 0 amide bonds. The summed E-state index contributed by atoms with van der Waals surface area (Å²) in [5, 5.41) is 0. The third-order valence-corrected chi connectivity index (χ3v) is 4.34. The van der Waals surface area contributed by atoms with E-state index in [-0.39, 0.29) is 11.3 Å². The van der Waals surface area contributed by atoms with E-state index in [1.165, 1.54) is 12.1 Å². The van der Waals surface area contributed by atoms with Crippen molar-refractivity contribution in [2.24, 2.45) is 0 Å². The summed E-state index contributed by atoms with van der Waals surface area (Å²) < 4.78 is 38.2. The highest BCUT2D eigenvalue weighted by Gasteiger charge is 2.30. The summed E-state index contributed by atoms with van der Waals surface area (Å²) in [6.07, 6.45) is -4.39. The van der Waals surface area contributed by atoms with Crippen LogP contribution in [0.15, 0.2) is 42.5 Å². The van der Waals surface area contributed by atoms with Crippen LogP contribution in [-0.2, 0) is 6.18 Å². The fourth-order valence-electron chi connectivity index (χ4n) is 1.79. The van der Waals surface area contributed by atoms with Gasteiger partial charge in [-0.2, -0.15) is 13.2 Å². The third kappa shape index (κ3) is 3.03. The molecule has 0 unspecified atom stereocenters. The quantitative estimate of drug-likeness (QED) is 0.530. The maximum atomic E-state index is 12.5. The van der Waals surface area contributed by atoms with Gasteiger partial charge >= 0.3 is 6.18 Å². The van der Waals surface area contributed by atoms with Crippen LogP contribution in [0.4, 0.5) is 13.2 Å². The predicted molar refractivity (Wildman–Crippen MR) is 78.8 cm³/mol. The molecule has 0 aliphatic carbocycles. The number of carbonyl (C=O) groups excluding carboxylic acids is 1. The number of hydrogen-bond acceptors (Lipinski definition) is 1. The van der Waals surface area contributed by atoms with E-state index in [1.54, 1.807) is 12.1 Å². The first-order chi connectivity index (χ1) is 9.30. The number of alkyl halides is 3. The van der Waals surface area contributed by atoms with Crippen molar-refractivity contribution in [2.45, 2.75) is 13.1 Å². The Bertz CT molecular complexity index is 645. The normalized spacial score (nSPS) is 11.4. The highest BCUT2D eigenvalue weighted by Crippen LogP contribution is 2.29. The second-order valence-corrected chi connectivity index (χ2v) is 5.42. The molecule has 0 atom stereocenters. The van der Waals surface area contributed by atoms with Crippen molar-refractivity contribution in [1.29, 1.82) is 0 Å². The Hall–Kier alpha value is -1.37. The van der Waals surface area contributed by atoms with Crippen LogP contribution < -0.4 is 0 Å². The molecule has 0 spiro atoms. The van der Waals surface area contributed by atoms with Crippen LogP contribution in [0.3, 0.4) is 0 Å². The Morgan fingerprint density at radius 1 is 1.05 bits per heavy atom. The number of benzene rings is 2. The molecule has 104 valence electrons.